The van der Waals surface area contributed by atoms with Crippen molar-refractivity contribution in [2.45, 2.75) is 26.4 Å². The lowest BCUT2D eigenvalue weighted by molar-refractivity contribution is -0.144. The number of aryl methyl sites for hydroxylation is 1. The fraction of sp³-hybridized carbons (Fsp3) is 0.235. The molecule has 0 amide bonds. The molecule has 0 aliphatic carbocycles. The number of nitrogens with one attached hydrogen (secondary N) is 2. The number of benzene rings is 1. The van der Waals surface area contributed by atoms with E-state index in [-0.39, 0.29) is 19.4 Å². The van der Waals surface area contributed by atoms with Gasteiger partial charge in [-0.2, -0.15) is 0 Å². The highest BCUT2D eigenvalue weighted by atomic mass is 35.5. The fourth-order valence-electron chi connectivity index (χ4n) is 2.53. The third-order valence-electron chi connectivity index (χ3n) is 3.80. The summed E-state index contributed by atoms with van der Waals surface area (Å²) in [7, 11) is 0. The summed E-state index contributed by atoms with van der Waals surface area (Å²) in [5.74, 6) is -0.432. The number of carbonyl (C=O) groups is 1. The lowest BCUT2D eigenvalue weighted by Gasteiger charge is -2.05. The van der Waals surface area contributed by atoms with Crippen molar-refractivity contribution >= 4 is 39.0 Å². The van der Waals surface area contributed by atoms with E-state index in [0.717, 1.165) is 15.0 Å². The molecule has 0 fully saturated rings. The quantitative estimate of drug-likeness (QED) is 0.668. The van der Waals surface area contributed by atoms with Crippen molar-refractivity contribution < 1.29 is 9.53 Å². The monoisotopic (exact) mass is 378 g/mol. The van der Waals surface area contributed by atoms with Gasteiger partial charge in [0.2, 0.25) is 0 Å². The van der Waals surface area contributed by atoms with Gasteiger partial charge in [0.25, 0.3) is 5.56 Å². The van der Waals surface area contributed by atoms with Gasteiger partial charge in [-0.15, -0.1) is 11.3 Å². The van der Waals surface area contributed by atoms with Crippen molar-refractivity contribution in [1.29, 1.82) is 0 Å². The summed E-state index contributed by atoms with van der Waals surface area (Å²) in [4.78, 5) is 40.3. The lowest BCUT2D eigenvalue weighted by atomic mass is 10.1. The van der Waals surface area contributed by atoms with E-state index in [0.29, 0.717) is 16.3 Å². The number of carbonyl (C=O) groups excluding carboxylic acids is 1. The fourth-order valence-corrected chi connectivity index (χ4v) is 3.93. The predicted octanol–water partition coefficient (Wildman–Crippen LogP) is 2.92. The van der Waals surface area contributed by atoms with Crippen LogP contribution in [0.1, 0.15) is 22.6 Å². The average Bonchev–Trinajstić information content (AvgIpc) is 2.88. The maximum atomic E-state index is 12.0. The first-order chi connectivity index (χ1) is 12.0. The van der Waals surface area contributed by atoms with Gasteiger partial charge in [-0.1, -0.05) is 29.8 Å². The van der Waals surface area contributed by atoms with Crippen LogP contribution in [0.4, 0.5) is 0 Å². The molecule has 0 aliphatic heterocycles. The Balaban J connectivity index is 1.62. The number of fused-ring (bicyclic) bond motifs is 1. The van der Waals surface area contributed by atoms with Crippen molar-refractivity contribution in [2.24, 2.45) is 0 Å². The molecular formula is C17H15ClN2O4S. The number of halogens is 1. The predicted molar refractivity (Wildman–Crippen MR) is 97.4 cm³/mol. The van der Waals surface area contributed by atoms with Crippen molar-refractivity contribution in [2.75, 3.05) is 0 Å². The van der Waals surface area contributed by atoms with Crippen LogP contribution in [0.15, 0.2) is 33.9 Å². The van der Waals surface area contributed by atoms with E-state index >= 15 is 0 Å². The molecule has 2 heterocycles. The van der Waals surface area contributed by atoms with E-state index < -0.39 is 17.2 Å². The molecule has 0 bridgehead atoms. The molecule has 0 saturated carbocycles. The Morgan fingerprint density at radius 1 is 1.24 bits per heavy atom. The molecule has 0 unspecified atom stereocenters. The van der Waals surface area contributed by atoms with Crippen LogP contribution in [-0.2, 0) is 22.6 Å². The zero-order valence-corrected chi connectivity index (χ0v) is 14.9. The number of esters is 1. The summed E-state index contributed by atoms with van der Waals surface area (Å²) in [6.45, 7) is 1.71. The molecule has 0 atom stereocenters. The SMILES string of the molecule is Cc1[nH]c(=O)[nH]c(=O)c1CCC(=O)OCc1sc2ccccc2c1Cl. The summed E-state index contributed by atoms with van der Waals surface area (Å²) in [5.41, 5.74) is -0.222. The molecule has 2 aromatic heterocycles. The van der Waals surface area contributed by atoms with Gasteiger partial charge >= 0.3 is 11.7 Å². The highest BCUT2D eigenvalue weighted by Gasteiger charge is 2.13. The first-order valence-electron chi connectivity index (χ1n) is 7.59. The minimum atomic E-state index is -0.562. The molecule has 0 spiro atoms. The molecule has 3 rings (SSSR count). The van der Waals surface area contributed by atoms with E-state index in [4.69, 9.17) is 16.3 Å². The van der Waals surface area contributed by atoms with E-state index in [1.54, 1.807) is 6.92 Å². The molecule has 8 heteroatoms. The summed E-state index contributed by atoms with van der Waals surface area (Å²) in [6, 6.07) is 7.71. The molecule has 0 saturated heterocycles. The molecule has 0 radical (unpaired) electrons. The van der Waals surface area contributed by atoms with E-state index in [1.807, 2.05) is 24.3 Å². The third kappa shape index (κ3) is 3.83. The van der Waals surface area contributed by atoms with Crippen LogP contribution in [0, 0.1) is 6.92 Å². The molecular weight excluding hydrogens is 364 g/mol. The van der Waals surface area contributed by atoms with Crippen molar-refractivity contribution in [1.82, 2.24) is 9.97 Å². The van der Waals surface area contributed by atoms with Gasteiger partial charge in [0.1, 0.15) is 6.61 Å². The zero-order chi connectivity index (χ0) is 18.0. The standard InChI is InChI=1S/C17H15ClN2O4S/c1-9-10(16(22)20-17(23)19-9)6-7-14(21)24-8-13-15(18)11-4-2-3-5-12(11)25-13/h2-5H,6-8H2,1H3,(H2,19,20,22,23). The number of H-pyrrole nitrogens is 2. The number of aromatic amines is 2. The Labute approximate surface area is 151 Å². The smallest absolute Gasteiger partial charge is 0.325 e. The highest BCUT2D eigenvalue weighted by molar-refractivity contribution is 7.19. The van der Waals surface area contributed by atoms with Crippen LogP contribution in [0.25, 0.3) is 10.1 Å². The van der Waals surface area contributed by atoms with Gasteiger partial charge in [0.15, 0.2) is 0 Å². The highest BCUT2D eigenvalue weighted by Crippen LogP contribution is 2.35. The minimum Gasteiger partial charge on any atom is -0.460 e. The minimum absolute atomic E-state index is 0.0402. The molecule has 25 heavy (non-hydrogen) atoms. The molecule has 1 aromatic carbocycles. The molecule has 3 aromatic rings. The Morgan fingerprint density at radius 3 is 2.72 bits per heavy atom. The number of hydrogen-bond acceptors (Lipinski definition) is 5. The van der Waals surface area contributed by atoms with Crippen LogP contribution in [0.2, 0.25) is 5.02 Å². The topological polar surface area (TPSA) is 92.0 Å². The maximum Gasteiger partial charge on any atom is 0.325 e. The second kappa shape index (κ2) is 7.25. The zero-order valence-electron chi connectivity index (χ0n) is 13.3. The third-order valence-corrected chi connectivity index (χ3v) is 5.49. The van der Waals surface area contributed by atoms with Crippen LogP contribution in [-0.4, -0.2) is 15.9 Å². The van der Waals surface area contributed by atoms with Crippen LogP contribution in [0.3, 0.4) is 0 Å². The molecule has 6 nitrogen and oxygen atoms in total. The van der Waals surface area contributed by atoms with Crippen LogP contribution in [0.5, 0.6) is 0 Å². The van der Waals surface area contributed by atoms with Gasteiger partial charge in [0, 0.05) is 27.8 Å². The lowest BCUT2D eigenvalue weighted by Crippen LogP contribution is -2.27. The van der Waals surface area contributed by atoms with Crippen molar-refractivity contribution in [3.05, 3.63) is 66.3 Å². The summed E-state index contributed by atoms with van der Waals surface area (Å²) in [5, 5.41) is 1.54. The summed E-state index contributed by atoms with van der Waals surface area (Å²) < 4.78 is 6.30. The maximum absolute atomic E-state index is 12.0. The van der Waals surface area contributed by atoms with E-state index in [1.165, 1.54) is 11.3 Å². The van der Waals surface area contributed by atoms with E-state index in [9.17, 15) is 14.4 Å². The van der Waals surface area contributed by atoms with Gasteiger partial charge in [-0.3, -0.25) is 14.6 Å². The Kier molecular flexibility index (Phi) is 5.06. The molecule has 130 valence electrons. The Morgan fingerprint density at radius 2 is 2.00 bits per heavy atom. The summed E-state index contributed by atoms with van der Waals surface area (Å²) >= 11 is 7.79. The van der Waals surface area contributed by atoms with Gasteiger partial charge in [0.05, 0.1) is 9.90 Å². The van der Waals surface area contributed by atoms with E-state index in [2.05, 4.69) is 9.97 Å². The summed E-state index contributed by atoms with van der Waals surface area (Å²) in [6.07, 6.45) is 0.232. The second-order valence-electron chi connectivity index (χ2n) is 5.51. The first-order valence-corrected chi connectivity index (χ1v) is 8.78. The number of thiophene rings is 1. The number of rotatable bonds is 5. The number of hydrogen-bond donors (Lipinski definition) is 2. The van der Waals surface area contributed by atoms with Crippen LogP contribution >= 0.6 is 22.9 Å². The Bertz CT molecular complexity index is 1050. The van der Waals surface area contributed by atoms with Gasteiger partial charge < -0.3 is 9.72 Å². The van der Waals surface area contributed by atoms with Gasteiger partial charge in [-0.25, -0.2) is 4.79 Å². The normalized spacial score (nSPS) is 11.0. The number of ether oxygens (including phenoxy) is 1. The van der Waals surface area contributed by atoms with Crippen molar-refractivity contribution in [3.63, 3.8) is 0 Å². The first kappa shape index (κ1) is 17.4. The molecule has 0 aliphatic rings. The molecule has 2 N–H and O–H groups in total. The second-order valence-corrected chi connectivity index (χ2v) is 7.02. The number of aromatic nitrogens is 2. The van der Waals surface area contributed by atoms with Crippen LogP contribution < -0.4 is 11.2 Å². The van der Waals surface area contributed by atoms with Crippen molar-refractivity contribution in [3.8, 4) is 0 Å². The largest absolute Gasteiger partial charge is 0.460 e. The average molecular weight is 379 g/mol. The Hall–Kier alpha value is -2.38. The van der Waals surface area contributed by atoms with Gasteiger partial charge in [-0.05, 0) is 19.4 Å².